The molecule has 4 aromatic rings. The van der Waals surface area contributed by atoms with Crippen molar-refractivity contribution in [1.82, 2.24) is 9.61 Å². The summed E-state index contributed by atoms with van der Waals surface area (Å²) in [6.07, 6.45) is 2.78. The maximum Gasteiger partial charge on any atom is 0.337 e. The van der Waals surface area contributed by atoms with Gasteiger partial charge in [0.2, 0.25) is 0 Å². The first-order chi connectivity index (χ1) is 14.5. The van der Waals surface area contributed by atoms with Gasteiger partial charge in [0.1, 0.15) is 11.8 Å². The Kier molecular flexibility index (Phi) is 4.78. The lowest BCUT2D eigenvalue weighted by Crippen LogP contribution is -2.01. The Morgan fingerprint density at radius 1 is 1.23 bits per heavy atom. The number of aromatic carboxylic acids is 1. The van der Waals surface area contributed by atoms with Crippen molar-refractivity contribution in [3.8, 4) is 17.6 Å². The number of hydrogen-bond donors (Lipinski definition) is 2. The van der Waals surface area contributed by atoms with Gasteiger partial charge >= 0.3 is 5.97 Å². The van der Waals surface area contributed by atoms with Crippen LogP contribution in [0.5, 0.6) is 11.5 Å². The first-order valence-corrected chi connectivity index (χ1v) is 8.91. The molecule has 2 aromatic carbocycles. The van der Waals surface area contributed by atoms with E-state index in [0.717, 1.165) is 0 Å². The molecule has 0 aliphatic rings. The Bertz CT molecular complexity index is 1310. The number of aromatic nitrogens is 2. The van der Waals surface area contributed by atoms with Gasteiger partial charge in [0, 0.05) is 11.9 Å². The van der Waals surface area contributed by atoms with Gasteiger partial charge in [0.05, 0.1) is 28.5 Å². The summed E-state index contributed by atoms with van der Waals surface area (Å²) in [5, 5.41) is 26.1. The third kappa shape index (κ3) is 3.40. The molecule has 0 fully saturated rings. The predicted octanol–water partition coefficient (Wildman–Crippen LogP) is 4.89. The molecule has 7 nitrogen and oxygen atoms in total. The lowest BCUT2D eigenvalue weighted by molar-refractivity contribution is 0.0696. The van der Waals surface area contributed by atoms with Crippen LogP contribution in [0.3, 0.4) is 0 Å². The molecule has 0 radical (unpaired) electrons. The van der Waals surface area contributed by atoms with Crippen LogP contribution in [0.25, 0.3) is 5.52 Å². The van der Waals surface area contributed by atoms with E-state index in [4.69, 9.17) is 4.74 Å². The van der Waals surface area contributed by atoms with Crippen molar-refractivity contribution in [2.45, 2.75) is 6.92 Å². The second-order valence-corrected chi connectivity index (χ2v) is 6.49. The van der Waals surface area contributed by atoms with Crippen molar-refractivity contribution < 1.29 is 19.0 Å². The Morgan fingerprint density at radius 2 is 1.97 bits per heavy atom. The minimum Gasteiger partial charge on any atom is -0.478 e. The Balaban J connectivity index is 1.68. The van der Waals surface area contributed by atoms with E-state index in [2.05, 4.69) is 16.5 Å². The molecule has 0 aliphatic carbocycles. The molecule has 0 saturated heterocycles. The number of fused-ring (bicyclic) bond motifs is 1. The number of aryl methyl sites for hydroxylation is 1. The van der Waals surface area contributed by atoms with Crippen LogP contribution in [0, 0.1) is 24.1 Å². The third-order valence-corrected chi connectivity index (χ3v) is 4.60. The number of rotatable bonds is 5. The maximum absolute atomic E-state index is 13.8. The van der Waals surface area contributed by atoms with Crippen molar-refractivity contribution in [1.29, 1.82) is 5.26 Å². The molecule has 8 heteroatoms. The van der Waals surface area contributed by atoms with Gasteiger partial charge in [-0.2, -0.15) is 10.4 Å². The van der Waals surface area contributed by atoms with E-state index in [1.54, 1.807) is 43.3 Å². The van der Waals surface area contributed by atoms with Gasteiger partial charge in [-0.1, -0.05) is 12.1 Å². The molecule has 0 bridgehead atoms. The smallest absolute Gasteiger partial charge is 0.337 e. The molecule has 0 amide bonds. The van der Waals surface area contributed by atoms with Crippen molar-refractivity contribution in [3.05, 3.63) is 83.4 Å². The Hall–Kier alpha value is -4.38. The van der Waals surface area contributed by atoms with Gasteiger partial charge in [0.15, 0.2) is 11.6 Å². The summed E-state index contributed by atoms with van der Waals surface area (Å²) in [6.45, 7) is 1.66. The second kappa shape index (κ2) is 7.56. The molecular weight excluding hydrogens is 387 g/mol. The number of hydrogen-bond acceptors (Lipinski definition) is 5. The van der Waals surface area contributed by atoms with E-state index in [9.17, 15) is 19.6 Å². The molecule has 2 aromatic heterocycles. The number of carboxylic acid groups (broad SMARTS) is 1. The third-order valence-electron chi connectivity index (χ3n) is 4.60. The van der Waals surface area contributed by atoms with E-state index in [1.165, 1.54) is 29.0 Å². The Morgan fingerprint density at radius 3 is 2.63 bits per heavy atom. The van der Waals surface area contributed by atoms with Gasteiger partial charge < -0.3 is 15.2 Å². The minimum atomic E-state index is -1.07. The standard InChI is InChI=1S/C22H15FN4O3/c1-13-17(22(28)29)12-27-21(13)20(14(10-24)11-25-27)26-15-6-8-16(9-7-15)30-19-5-3-2-4-18(19)23/h2-9,11-12,26H,1H3,(H,28,29). The quantitative estimate of drug-likeness (QED) is 0.493. The molecule has 0 spiro atoms. The molecule has 148 valence electrons. The summed E-state index contributed by atoms with van der Waals surface area (Å²) in [5.74, 6) is -0.975. The average Bonchev–Trinajstić information content (AvgIpc) is 3.08. The van der Waals surface area contributed by atoms with E-state index in [1.807, 2.05) is 0 Å². The number of nitrogens with one attached hydrogen (secondary N) is 1. The normalized spacial score (nSPS) is 10.6. The van der Waals surface area contributed by atoms with E-state index < -0.39 is 11.8 Å². The fraction of sp³-hybridized carbons (Fsp3) is 0.0455. The molecular formula is C22H15FN4O3. The van der Waals surface area contributed by atoms with Gasteiger partial charge in [-0.25, -0.2) is 13.7 Å². The number of carboxylic acids is 1. The van der Waals surface area contributed by atoms with E-state index in [0.29, 0.717) is 28.2 Å². The number of ether oxygens (including phenoxy) is 1. The fourth-order valence-corrected chi connectivity index (χ4v) is 3.12. The first kappa shape index (κ1) is 19.0. The van der Waals surface area contributed by atoms with Crippen LogP contribution in [0.15, 0.2) is 60.9 Å². The zero-order valence-corrected chi connectivity index (χ0v) is 15.8. The monoisotopic (exact) mass is 402 g/mol. The fourth-order valence-electron chi connectivity index (χ4n) is 3.12. The van der Waals surface area contributed by atoms with Crippen LogP contribution in [-0.2, 0) is 0 Å². The summed E-state index contributed by atoms with van der Waals surface area (Å²) in [4.78, 5) is 11.5. The summed E-state index contributed by atoms with van der Waals surface area (Å²) in [5.41, 5.74) is 2.45. The highest BCUT2D eigenvalue weighted by Gasteiger charge is 2.19. The Labute approximate surface area is 170 Å². The highest BCUT2D eigenvalue weighted by atomic mass is 19.1. The number of carbonyl (C=O) groups is 1. The number of benzene rings is 2. The topological polar surface area (TPSA) is 99.6 Å². The van der Waals surface area contributed by atoms with Crippen LogP contribution in [-0.4, -0.2) is 20.7 Å². The SMILES string of the molecule is Cc1c(C(=O)O)cn2ncc(C#N)c(Nc3ccc(Oc4ccccc4F)cc3)c12. The number of nitriles is 1. The van der Waals surface area contributed by atoms with E-state index >= 15 is 0 Å². The second-order valence-electron chi connectivity index (χ2n) is 6.49. The molecule has 30 heavy (non-hydrogen) atoms. The number of halogens is 1. The lowest BCUT2D eigenvalue weighted by Gasteiger charge is -2.12. The van der Waals surface area contributed by atoms with Crippen molar-refractivity contribution >= 4 is 22.9 Å². The minimum absolute atomic E-state index is 0.106. The maximum atomic E-state index is 13.8. The van der Waals surface area contributed by atoms with Crippen LogP contribution < -0.4 is 10.1 Å². The first-order valence-electron chi connectivity index (χ1n) is 8.91. The zero-order valence-electron chi connectivity index (χ0n) is 15.8. The molecule has 0 aliphatic heterocycles. The predicted molar refractivity (Wildman–Crippen MR) is 108 cm³/mol. The molecule has 0 saturated carbocycles. The molecule has 0 atom stereocenters. The van der Waals surface area contributed by atoms with Crippen LogP contribution in [0.2, 0.25) is 0 Å². The molecule has 2 heterocycles. The summed E-state index contributed by atoms with van der Waals surface area (Å²) in [7, 11) is 0. The lowest BCUT2D eigenvalue weighted by atomic mass is 10.1. The van der Waals surface area contributed by atoms with Crippen molar-refractivity contribution in [2.75, 3.05) is 5.32 Å². The van der Waals surface area contributed by atoms with Crippen LogP contribution in [0.1, 0.15) is 21.5 Å². The van der Waals surface area contributed by atoms with Gasteiger partial charge in [-0.3, -0.25) is 0 Å². The van der Waals surface area contributed by atoms with Crippen molar-refractivity contribution in [3.63, 3.8) is 0 Å². The molecule has 4 rings (SSSR count). The largest absolute Gasteiger partial charge is 0.478 e. The summed E-state index contributed by atoms with van der Waals surface area (Å²) in [6, 6.07) is 14.9. The zero-order chi connectivity index (χ0) is 21.3. The van der Waals surface area contributed by atoms with Gasteiger partial charge in [-0.05, 0) is 48.9 Å². The average molecular weight is 402 g/mol. The van der Waals surface area contributed by atoms with Gasteiger partial charge in [0.25, 0.3) is 0 Å². The molecule has 0 unspecified atom stereocenters. The summed E-state index contributed by atoms with van der Waals surface area (Å²) >= 11 is 0. The highest BCUT2D eigenvalue weighted by Crippen LogP contribution is 2.31. The number of nitrogens with zero attached hydrogens (tertiary/aromatic N) is 3. The number of para-hydroxylation sites is 1. The van der Waals surface area contributed by atoms with Crippen LogP contribution >= 0.6 is 0 Å². The highest BCUT2D eigenvalue weighted by molar-refractivity contribution is 5.96. The number of anilines is 2. The van der Waals surface area contributed by atoms with Crippen molar-refractivity contribution in [2.24, 2.45) is 0 Å². The van der Waals surface area contributed by atoms with E-state index in [-0.39, 0.29) is 16.9 Å². The summed E-state index contributed by atoms with van der Waals surface area (Å²) < 4.78 is 20.7. The van der Waals surface area contributed by atoms with Crippen LogP contribution in [0.4, 0.5) is 15.8 Å². The molecule has 2 N–H and O–H groups in total. The van der Waals surface area contributed by atoms with Gasteiger partial charge in [-0.15, -0.1) is 0 Å².